The molecule has 1 N–H and O–H groups in total. The fraction of sp³-hybridized carbons (Fsp3) is 0.571. The Morgan fingerprint density at radius 1 is 1.41 bits per heavy atom. The Bertz CT molecular complexity index is 394. The summed E-state index contributed by atoms with van der Waals surface area (Å²) in [5.41, 5.74) is 1.55. The second-order valence-corrected chi connectivity index (χ2v) is 6.26. The average molecular weight is 248 g/mol. The highest BCUT2D eigenvalue weighted by molar-refractivity contribution is 7.99. The monoisotopic (exact) mass is 248 g/mol. The summed E-state index contributed by atoms with van der Waals surface area (Å²) in [6.07, 6.45) is 1.30. The molecule has 17 heavy (non-hydrogen) atoms. The lowest BCUT2D eigenvalue weighted by molar-refractivity contribution is 0.396. The normalized spacial score (nSPS) is 28.5. The molecule has 0 bridgehead atoms. The Hall–Kier alpha value is -0.510. The fourth-order valence-corrected chi connectivity index (χ4v) is 4.06. The van der Waals surface area contributed by atoms with E-state index in [1.54, 1.807) is 5.56 Å². The predicted octanol–water partition coefficient (Wildman–Crippen LogP) is 2.17. The Morgan fingerprint density at radius 2 is 2.29 bits per heavy atom. The highest BCUT2D eigenvalue weighted by Gasteiger charge is 2.25. The van der Waals surface area contributed by atoms with Gasteiger partial charge >= 0.3 is 0 Å². The van der Waals surface area contributed by atoms with Crippen LogP contribution in [-0.2, 0) is 0 Å². The second-order valence-electron chi connectivity index (χ2n) is 5.20. The number of thioether (sulfide) groups is 1. The zero-order chi connectivity index (χ0) is 11.7. The molecule has 2 atom stereocenters. The van der Waals surface area contributed by atoms with Gasteiger partial charge in [-0.2, -0.15) is 0 Å². The van der Waals surface area contributed by atoms with E-state index >= 15 is 0 Å². The number of hydrogen-bond acceptors (Lipinski definition) is 3. The minimum atomic E-state index is 0.706. The van der Waals surface area contributed by atoms with Crippen molar-refractivity contribution in [2.24, 2.45) is 0 Å². The summed E-state index contributed by atoms with van der Waals surface area (Å²) in [6, 6.07) is 9.57. The van der Waals surface area contributed by atoms with E-state index in [-0.39, 0.29) is 0 Å². The third kappa shape index (κ3) is 2.51. The van der Waals surface area contributed by atoms with E-state index in [4.69, 9.17) is 0 Å². The Balaban J connectivity index is 1.57. The molecule has 1 saturated heterocycles. The third-order valence-electron chi connectivity index (χ3n) is 3.84. The average Bonchev–Trinajstić information content (AvgIpc) is 2.93. The topological polar surface area (TPSA) is 15.3 Å². The van der Waals surface area contributed by atoms with Crippen LogP contribution in [0.4, 0.5) is 0 Å². The van der Waals surface area contributed by atoms with Gasteiger partial charge in [0.15, 0.2) is 0 Å². The molecule has 1 fully saturated rings. The van der Waals surface area contributed by atoms with Crippen molar-refractivity contribution in [2.75, 3.05) is 32.4 Å². The number of rotatable bonds is 3. The highest BCUT2D eigenvalue weighted by Crippen LogP contribution is 2.38. The van der Waals surface area contributed by atoms with Gasteiger partial charge in [0, 0.05) is 35.7 Å². The number of benzene rings is 1. The van der Waals surface area contributed by atoms with Gasteiger partial charge in [0.05, 0.1) is 0 Å². The maximum atomic E-state index is 3.74. The van der Waals surface area contributed by atoms with Crippen molar-refractivity contribution in [1.29, 1.82) is 0 Å². The molecular formula is C14H20N2S. The van der Waals surface area contributed by atoms with E-state index in [2.05, 4.69) is 41.5 Å². The molecule has 3 rings (SSSR count). The number of nitrogens with one attached hydrogen (secondary N) is 1. The highest BCUT2D eigenvalue weighted by atomic mass is 32.2. The van der Waals surface area contributed by atoms with Crippen LogP contribution >= 0.6 is 11.8 Å². The summed E-state index contributed by atoms with van der Waals surface area (Å²) in [7, 11) is 2.21. The first kappa shape index (κ1) is 11.6. The van der Waals surface area contributed by atoms with Gasteiger partial charge in [-0.3, -0.25) is 0 Å². The molecule has 2 heterocycles. The smallest absolute Gasteiger partial charge is 0.0207 e. The number of hydrogen-bond donors (Lipinski definition) is 1. The number of fused-ring (bicyclic) bond motifs is 1. The molecule has 1 aromatic rings. The molecule has 0 amide bonds. The first-order valence-electron chi connectivity index (χ1n) is 6.46. The van der Waals surface area contributed by atoms with Crippen molar-refractivity contribution >= 4 is 11.8 Å². The van der Waals surface area contributed by atoms with Crippen LogP contribution in [0.25, 0.3) is 0 Å². The third-order valence-corrected chi connectivity index (χ3v) is 5.09. The first-order valence-corrected chi connectivity index (χ1v) is 7.45. The zero-order valence-corrected chi connectivity index (χ0v) is 11.2. The zero-order valence-electron chi connectivity index (χ0n) is 10.4. The van der Waals surface area contributed by atoms with Crippen LogP contribution in [0, 0.1) is 0 Å². The van der Waals surface area contributed by atoms with Gasteiger partial charge in [0.1, 0.15) is 0 Å². The standard InChI is InChI=1S/C14H20N2S/c1-16-7-6-12(9-16)15-8-11-10-17-14-5-3-2-4-13(11)14/h2-5,11-12,15H,6-10H2,1H3. The van der Waals surface area contributed by atoms with E-state index in [0.717, 1.165) is 6.54 Å². The van der Waals surface area contributed by atoms with Crippen LogP contribution in [0.3, 0.4) is 0 Å². The molecule has 2 aliphatic heterocycles. The SMILES string of the molecule is CN1CCC(NCC2CSc3ccccc32)C1. The Kier molecular flexibility index (Phi) is 3.41. The van der Waals surface area contributed by atoms with E-state index in [9.17, 15) is 0 Å². The van der Waals surface area contributed by atoms with E-state index in [1.807, 2.05) is 11.8 Å². The van der Waals surface area contributed by atoms with Crippen molar-refractivity contribution in [1.82, 2.24) is 10.2 Å². The molecule has 2 nitrogen and oxygen atoms in total. The van der Waals surface area contributed by atoms with E-state index in [0.29, 0.717) is 12.0 Å². The largest absolute Gasteiger partial charge is 0.312 e. The first-order chi connectivity index (χ1) is 8.33. The van der Waals surface area contributed by atoms with Crippen LogP contribution in [0.1, 0.15) is 17.9 Å². The fourth-order valence-electron chi connectivity index (χ4n) is 2.81. The Morgan fingerprint density at radius 3 is 3.12 bits per heavy atom. The minimum Gasteiger partial charge on any atom is -0.312 e. The minimum absolute atomic E-state index is 0.706. The van der Waals surface area contributed by atoms with Crippen molar-refractivity contribution in [3.63, 3.8) is 0 Å². The van der Waals surface area contributed by atoms with Crippen LogP contribution in [0.5, 0.6) is 0 Å². The maximum Gasteiger partial charge on any atom is 0.0207 e. The summed E-state index contributed by atoms with van der Waals surface area (Å²) in [5.74, 6) is 1.96. The predicted molar refractivity (Wildman–Crippen MR) is 73.8 cm³/mol. The summed E-state index contributed by atoms with van der Waals surface area (Å²) in [5, 5.41) is 3.74. The molecule has 0 saturated carbocycles. The van der Waals surface area contributed by atoms with E-state index < -0.39 is 0 Å². The van der Waals surface area contributed by atoms with Gasteiger partial charge in [0.25, 0.3) is 0 Å². The maximum absolute atomic E-state index is 3.74. The molecule has 0 spiro atoms. The molecule has 1 aromatic carbocycles. The quantitative estimate of drug-likeness (QED) is 0.882. The summed E-state index contributed by atoms with van der Waals surface area (Å²) in [4.78, 5) is 3.90. The van der Waals surface area contributed by atoms with Crippen molar-refractivity contribution < 1.29 is 0 Å². The second kappa shape index (κ2) is 5.01. The molecular weight excluding hydrogens is 228 g/mol. The molecule has 92 valence electrons. The van der Waals surface area contributed by atoms with Crippen LogP contribution < -0.4 is 5.32 Å². The lowest BCUT2D eigenvalue weighted by Crippen LogP contribution is -2.34. The van der Waals surface area contributed by atoms with Crippen molar-refractivity contribution in [3.05, 3.63) is 29.8 Å². The lowest BCUT2D eigenvalue weighted by Gasteiger charge is -2.17. The number of nitrogens with zero attached hydrogens (tertiary/aromatic N) is 1. The summed E-state index contributed by atoms with van der Waals surface area (Å²) in [6.45, 7) is 3.59. The van der Waals surface area contributed by atoms with Crippen LogP contribution in [0.2, 0.25) is 0 Å². The molecule has 2 unspecified atom stereocenters. The van der Waals surface area contributed by atoms with Crippen LogP contribution in [-0.4, -0.2) is 43.4 Å². The summed E-state index contributed by atoms with van der Waals surface area (Å²) < 4.78 is 0. The van der Waals surface area contributed by atoms with Gasteiger partial charge in [-0.1, -0.05) is 18.2 Å². The van der Waals surface area contributed by atoms with Gasteiger partial charge in [-0.15, -0.1) is 11.8 Å². The van der Waals surface area contributed by atoms with Gasteiger partial charge in [-0.25, -0.2) is 0 Å². The van der Waals surface area contributed by atoms with E-state index in [1.165, 1.54) is 30.2 Å². The lowest BCUT2D eigenvalue weighted by atomic mass is 10.0. The molecule has 0 aromatic heterocycles. The number of likely N-dealkylation sites (tertiary alicyclic amines) is 1. The Labute approximate surface area is 108 Å². The number of likely N-dealkylation sites (N-methyl/N-ethyl adjacent to an activating group) is 1. The van der Waals surface area contributed by atoms with Crippen molar-refractivity contribution in [2.45, 2.75) is 23.3 Å². The molecule has 3 heteroatoms. The van der Waals surface area contributed by atoms with Gasteiger partial charge in [-0.05, 0) is 31.6 Å². The van der Waals surface area contributed by atoms with Crippen LogP contribution in [0.15, 0.2) is 29.2 Å². The molecule has 0 aliphatic carbocycles. The molecule has 0 radical (unpaired) electrons. The summed E-state index contributed by atoms with van der Waals surface area (Å²) >= 11 is 2.01. The van der Waals surface area contributed by atoms with Crippen molar-refractivity contribution in [3.8, 4) is 0 Å². The molecule has 2 aliphatic rings. The van der Waals surface area contributed by atoms with Gasteiger partial charge < -0.3 is 10.2 Å². The van der Waals surface area contributed by atoms with Gasteiger partial charge in [0.2, 0.25) is 0 Å².